The Balaban J connectivity index is 2.11. The molecule has 0 aliphatic rings. The number of aromatic nitrogens is 2. The quantitative estimate of drug-likeness (QED) is 0.811. The fourth-order valence-corrected chi connectivity index (χ4v) is 2.07. The number of carbonyl (C=O) groups excluding carboxylic acids is 1. The van der Waals surface area contributed by atoms with Gasteiger partial charge in [-0.2, -0.15) is 0 Å². The van der Waals surface area contributed by atoms with Gasteiger partial charge in [-0.25, -0.2) is 9.97 Å². The van der Waals surface area contributed by atoms with E-state index in [1.807, 2.05) is 32.9 Å². The molecule has 24 heavy (non-hydrogen) atoms. The maximum Gasteiger partial charge on any atom is 0.274 e. The lowest BCUT2D eigenvalue weighted by Gasteiger charge is -2.13. The summed E-state index contributed by atoms with van der Waals surface area (Å²) in [6.45, 7) is 8.51. The number of benzene rings is 1. The first-order chi connectivity index (χ1) is 11.5. The van der Waals surface area contributed by atoms with Crippen molar-refractivity contribution in [2.45, 2.75) is 40.2 Å². The monoisotopic (exact) mass is 328 g/mol. The van der Waals surface area contributed by atoms with Crippen LogP contribution in [0.3, 0.4) is 0 Å². The van der Waals surface area contributed by atoms with Gasteiger partial charge >= 0.3 is 0 Å². The van der Waals surface area contributed by atoms with E-state index in [0.29, 0.717) is 23.9 Å². The van der Waals surface area contributed by atoms with Gasteiger partial charge in [-0.3, -0.25) is 4.79 Å². The third-order valence-electron chi connectivity index (χ3n) is 3.50. The Kier molecular flexibility index (Phi) is 6.12. The molecule has 1 heterocycles. The van der Waals surface area contributed by atoms with Crippen molar-refractivity contribution in [2.24, 2.45) is 0 Å². The van der Waals surface area contributed by atoms with Gasteiger partial charge in [-0.15, -0.1) is 0 Å². The molecule has 1 aromatic carbocycles. The van der Waals surface area contributed by atoms with E-state index < -0.39 is 0 Å². The molecule has 1 amide bonds. The molecule has 0 fully saturated rings. The lowest BCUT2D eigenvalue weighted by molar-refractivity contribution is 0.102. The van der Waals surface area contributed by atoms with E-state index in [1.54, 1.807) is 18.2 Å². The summed E-state index contributed by atoms with van der Waals surface area (Å²) < 4.78 is 5.39. The van der Waals surface area contributed by atoms with Crippen molar-refractivity contribution in [1.29, 1.82) is 0 Å². The molecule has 1 aromatic heterocycles. The number of nitrogens with one attached hydrogen (secondary N) is 2. The number of ether oxygens (including phenoxy) is 1. The summed E-state index contributed by atoms with van der Waals surface area (Å²) in [5.41, 5.74) is 1.77. The average Bonchev–Trinajstić information content (AvgIpc) is 2.56. The third kappa shape index (κ3) is 4.94. The van der Waals surface area contributed by atoms with Gasteiger partial charge in [0, 0.05) is 17.4 Å². The van der Waals surface area contributed by atoms with E-state index in [0.717, 1.165) is 17.9 Å². The number of carbonyl (C=O) groups is 1. The van der Waals surface area contributed by atoms with Gasteiger partial charge in [-0.05, 0) is 57.5 Å². The summed E-state index contributed by atoms with van der Waals surface area (Å²) in [4.78, 5) is 21.1. The number of anilines is 2. The first-order valence-electron chi connectivity index (χ1n) is 8.18. The van der Waals surface area contributed by atoms with Crippen LogP contribution in [0, 0.1) is 6.92 Å². The fraction of sp³-hybridized carbons (Fsp3) is 0.389. The molecule has 0 saturated carbocycles. The number of hydrogen-bond donors (Lipinski definition) is 2. The van der Waals surface area contributed by atoms with Crippen LogP contribution in [0.2, 0.25) is 0 Å². The van der Waals surface area contributed by atoms with Crippen LogP contribution in [0.4, 0.5) is 11.6 Å². The molecule has 6 nitrogen and oxygen atoms in total. The number of aryl methyl sites for hydroxylation is 1. The maximum atomic E-state index is 12.4. The third-order valence-corrected chi connectivity index (χ3v) is 3.50. The molecule has 128 valence electrons. The lowest BCUT2D eigenvalue weighted by atomic mass is 10.2. The van der Waals surface area contributed by atoms with Crippen molar-refractivity contribution in [1.82, 2.24) is 9.97 Å². The smallest absolute Gasteiger partial charge is 0.274 e. The SMILES string of the molecule is CCOc1ccc(NC(=O)c2cc(C)nc(NC(C)CC)n2)cc1. The van der Waals surface area contributed by atoms with Gasteiger partial charge in [-0.1, -0.05) is 6.92 Å². The Labute approximate surface area is 142 Å². The van der Waals surface area contributed by atoms with Crippen LogP contribution >= 0.6 is 0 Å². The molecule has 2 rings (SSSR count). The van der Waals surface area contributed by atoms with Crippen LogP contribution in [0.25, 0.3) is 0 Å². The van der Waals surface area contributed by atoms with Gasteiger partial charge in [0.25, 0.3) is 5.91 Å². The predicted octanol–water partition coefficient (Wildman–Crippen LogP) is 3.65. The first-order valence-corrected chi connectivity index (χ1v) is 8.18. The minimum absolute atomic E-state index is 0.244. The predicted molar refractivity (Wildman–Crippen MR) is 95.7 cm³/mol. The molecule has 0 aliphatic heterocycles. The Bertz CT molecular complexity index is 686. The van der Waals surface area contributed by atoms with Crippen LogP contribution in [0.15, 0.2) is 30.3 Å². The zero-order valence-corrected chi connectivity index (χ0v) is 14.6. The van der Waals surface area contributed by atoms with Crippen LogP contribution in [-0.2, 0) is 0 Å². The van der Waals surface area contributed by atoms with Crippen molar-refractivity contribution in [3.05, 3.63) is 41.7 Å². The standard InChI is InChI=1S/C18H24N4O2/c1-5-12(3)19-18-20-13(4)11-16(22-18)17(23)21-14-7-9-15(10-8-14)24-6-2/h7-12H,5-6H2,1-4H3,(H,21,23)(H,19,20,22). The second-order valence-electron chi connectivity index (χ2n) is 5.58. The largest absolute Gasteiger partial charge is 0.494 e. The van der Waals surface area contributed by atoms with Crippen molar-refractivity contribution in [2.75, 3.05) is 17.2 Å². The zero-order valence-electron chi connectivity index (χ0n) is 14.6. The summed E-state index contributed by atoms with van der Waals surface area (Å²) in [7, 11) is 0. The van der Waals surface area contributed by atoms with E-state index in [-0.39, 0.29) is 11.9 Å². The molecular formula is C18H24N4O2. The second-order valence-corrected chi connectivity index (χ2v) is 5.58. The highest BCUT2D eigenvalue weighted by molar-refractivity contribution is 6.03. The highest BCUT2D eigenvalue weighted by atomic mass is 16.5. The Morgan fingerprint density at radius 2 is 1.92 bits per heavy atom. The molecule has 2 aromatic rings. The van der Waals surface area contributed by atoms with E-state index in [1.165, 1.54) is 0 Å². The number of rotatable bonds is 7. The molecule has 0 spiro atoms. The van der Waals surface area contributed by atoms with Crippen molar-refractivity contribution < 1.29 is 9.53 Å². The van der Waals surface area contributed by atoms with E-state index in [2.05, 4.69) is 27.5 Å². The summed E-state index contributed by atoms with van der Waals surface area (Å²) in [5, 5.41) is 6.03. The van der Waals surface area contributed by atoms with Crippen LogP contribution in [0.1, 0.15) is 43.4 Å². The molecule has 2 N–H and O–H groups in total. The highest BCUT2D eigenvalue weighted by Crippen LogP contribution is 2.16. The summed E-state index contributed by atoms with van der Waals surface area (Å²) in [6, 6.07) is 9.16. The van der Waals surface area contributed by atoms with Crippen LogP contribution in [-0.4, -0.2) is 28.5 Å². The number of nitrogens with zero attached hydrogens (tertiary/aromatic N) is 2. The topological polar surface area (TPSA) is 76.1 Å². The van der Waals surface area contributed by atoms with Crippen LogP contribution < -0.4 is 15.4 Å². The lowest BCUT2D eigenvalue weighted by Crippen LogP contribution is -2.19. The minimum atomic E-state index is -0.267. The van der Waals surface area contributed by atoms with E-state index in [4.69, 9.17) is 4.74 Å². The maximum absolute atomic E-state index is 12.4. The second kappa shape index (κ2) is 8.29. The molecule has 6 heteroatoms. The minimum Gasteiger partial charge on any atom is -0.494 e. The first kappa shape index (κ1) is 17.7. The summed E-state index contributed by atoms with van der Waals surface area (Å²) in [6.07, 6.45) is 0.949. The normalized spacial score (nSPS) is 11.7. The average molecular weight is 328 g/mol. The molecular weight excluding hydrogens is 304 g/mol. The summed E-state index contributed by atoms with van der Waals surface area (Å²) in [5.74, 6) is 0.978. The fourth-order valence-electron chi connectivity index (χ4n) is 2.07. The van der Waals surface area contributed by atoms with Crippen molar-refractivity contribution in [3.8, 4) is 5.75 Å². The van der Waals surface area contributed by atoms with E-state index in [9.17, 15) is 4.79 Å². The molecule has 0 aliphatic carbocycles. The van der Waals surface area contributed by atoms with Gasteiger partial charge < -0.3 is 15.4 Å². The molecule has 0 bridgehead atoms. The molecule has 1 atom stereocenters. The van der Waals surface area contributed by atoms with E-state index >= 15 is 0 Å². The Hall–Kier alpha value is -2.63. The van der Waals surface area contributed by atoms with Gasteiger partial charge in [0.2, 0.25) is 5.95 Å². The highest BCUT2D eigenvalue weighted by Gasteiger charge is 2.12. The molecule has 1 unspecified atom stereocenters. The summed E-state index contributed by atoms with van der Waals surface area (Å²) >= 11 is 0. The zero-order chi connectivity index (χ0) is 17.5. The number of hydrogen-bond acceptors (Lipinski definition) is 5. The Morgan fingerprint density at radius 3 is 2.54 bits per heavy atom. The molecule has 0 radical (unpaired) electrons. The Morgan fingerprint density at radius 1 is 1.21 bits per heavy atom. The van der Waals surface area contributed by atoms with Crippen molar-refractivity contribution in [3.63, 3.8) is 0 Å². The van der Waals surface area contributed by atoms with Gasteiger partial charge in [0.15, 0.2) is 0 Å². The molecule has 0 saturated heterocycles. The van der Waals surface area contributed by atoms with Gasteiger partial charge in [0.1, 0.15) is 11.4 Å². The van der Waals surface area contributed by atoms with Crippen molar-refractivity contribution >= 4 is 17.5 Å². The number of amides is 1. The van der Waals surface area contributed by atoms with Crippen LogP contribution in [0.5, 0.6) is 5.75 Å². The van der Waals surface area contributed by atoms with Gasteiger partial charge in [0.05, 0.1) is 6.61 Å².